The predicted molar refractivity (Wildman–Crippen MR) is 111 cm³/mol. The van der Waals surface area contributed by atoms with Crippen LogP contribution in [-0.2, 0) is 28.9 Å². The number of hydrogen-bond donors (Lipinski definition) is 0. The fraction of sp³-hybridized carbons (Fsp3) is 0.700. The normalized spacial score (nSPS) is 22.4. The van der Waals surface area contributed by atoms with Gasteiger partial charge in [-0.15, -0.1) is 11.3 Å². The summed E-state index contributed by atoms with van der Waals surface area (Å²) in [4.78, 5) is 20.7. The molecule has 0 spiro atoms. The number of hydrogen-bond acceptors (Lipinski definition) is 6. The van der Waals surface area contributed by atoms with E-state index < -0.39 is 0 Å². The Hall–Kier alpha value is -0.890. The maximum atomic E-state index is 13.5. The van der Waals surface area contributed by atoms with Crippen LogP contribution >= 0.6 is 23.1 Å². The SMILES string of the molecule is CCOCCSc1nc2sc3c(c2c(=O)n1C[C@@H]1CCCO1)CC[C@@H](C)C3. The van der Waals surface area contributed by atoms with Crippen molar-refractivity contribution in [2.45, 2.75) is 63.8 Å². The number of aryl methyl sites for hydroxylation is 1. The van der Waals surface area contributed by atoms with Crippen molar-refractivity contribution in [3.63, 3.8) is 0 Å². The van der Waals surface area contributed by atoms with Crippen LogP contribution in [0.4, 0.5) is 0 Å². The second-order valence-electron chi connectivity index (χ2n) is 7.52. The van der Waals surface area contributed by atoms with Crippen molar-refractivity contribution < 1.29 is 9.47 Å². The molecule has 1 fully saturated rings. The lowest BCUT2D eigenvalue weighted by molar-refractivity contribution is 0.0937. The van der Waals surface area contributed by atoms with Crippen LogP contribution in [0.2, 0.25) is 0 Å². The standard InChI is InChI=1S/C20H28N2O3S2/c1-3-24-9-10-26-20-21-18-17(15-7-6-13(2)11-16(15)27-18)19(23)22(20)12-14-5-4-8-25-14/h13-14H,3-12H2,1-2H3/t13-,14+/m1/s1. The largest absolute Gasteiger partial charge is 0.381 e. The fourth-order valence-electron chi connectivity index (χ4n) is 4.00. The molecule has 2 aromatic heterocycles. The Kier molecular flexibility index (Phi) is 6.21. The number of ether oxygens (including phenoxy) is 2. The summed E-state index contributed by atoms with van der Waals surface area (Å²) in [6.07, 6.45) is 5.47. The van der Waals surface area contributed by atoms with E-state index in [1.807, 2.05) is 11.5 Å². The van der Waals surface area contributed by atoms with Crippen LogP contribution in [0.3, 0.4) is 0 Å². The predicted octanol–water partition coefficient (Wildman–Crippen LogP) is 3.89. The molecule has 1 aliphatic heterocycles. The first-order valence-electron chi connectivity index (χ1n) is 10.0. The highest BCUT2D eigenvalue weighted by Crippen LogP contribution is 2.36. The molecule has 1 aliphatic carbocycles. The zero-order chi connectivity index (χ0) is 18.8. The first-order valence-corrected chi connectivity index (χ1v) is 11.8. The highest BCUT2D eigenvalue weighted by atomic mass is 32.2. The zero-order valence-corrected chi connectivity index (χ0v) is 17.8. The van der Waals surface area contributed by atoms with Gasteiger partial charge < -0.3 is 9.47 Å². The molecule has 7 heteroatoms. The van der Waals surface area contributed by atoms with E-state index in [2.05, 4.69) is 6.92 Å². The van der Waals surface area contributed by atoms with Gasteiger partial charge >= 0.3 is 0 Å². The van der Waals surface area contributed by atoms with Gasteiger partial charge in [-0.05, 0) is 50.5 Å². The van der Waals surface area contributed by atoms with E-state index in [4.69, 9.17) is 14.5 Å². The number of rotatable bonds is 7. The van der Waals surface area contributed by atoms with E-state index in [9.17, 15) is 4.79 Å². The number of nitrogens with zero attached hydrogens (tertiary/aromatic N) is 2. The van der Waals surface area contributed by atoms with Crippen LogP contribution in [-0.4, -0.2) is 41.2 Å². The molecule has 2 aromatic rings. The quantitative estimate of drug-likeness (QED) is 0.395. The molecule has 2 atom stereocenters. The van der Waals surface area contributed by atoms with Crippen LogP contribution in [0, 0.1) is 5.92 Å². The number of thiophene rings is 1. The minimum absolute atomic E-state index is 0.126. The summed E-state index contributed by atoms with van der Waals surface area (Å²) >= 11 is 3.35. The molecule has 4 rings (SSSR count). The maximum Gasteiger partial charge on any atom is 0.263 e. The van der Waals surface area contributed by atoms with Gasteiger partial charge in [0.25, 0.3) is 5.56 Å². The average Bonchev–Trinajstić information content (AvgIpc) is 3.28. The third-order valence-electron chi connectivity index (χ3n) is 5.45. The van der Waals surface area contributed by atoms with Gasteiger partial charge in [-0.3, -0.25) is 9.36 Å². The summed E-state index contributed by atoms with van der Waals surface area (Å²) in [6.45, 7) is 7.09. The van der Waals surface area contributed by atoms with Gasteiger partial charge in [0.05, 0.1) is 24.6 Å². The Morgan fingerprint density at radius 1 is 1.41 bits per heavy atom. The minimum atomic E-state index is 0.126. The molecule has 0 N–H and O–H groups in total. The Labute approximate surface area is 168 Å². The summed E-state index contributed by atoms with van der Waals surface area (Å²) < 4.78 is 13.2. The van der Waals surface area contributed by atoms with Crippen LogP contribution in [0.25, 0.3) is 10.2 Å². The summed E-state index contributed by atoms with van der Waals surface area (Å²) in [5.41, 5.74) is 1.39. The van der Waals surface area contributed by atoms with E-state index in [-0.39, 0.29) is 11.7 Å². The Morgan fingerprint density at radius 3 is 3.07 bits per heavy atom. The van der Waals surface area contributed by atoms with Gasteiger partial charge in [0.1, 0.15) is 4.83 Å². The molecule has 0 saturated carbocycles. The molecular weight excluding hydrogens is 380 g/mol. The van der Waals surface area contributed by atoms with E-state index >= 15 is 0 Å². The van der Waals surface area contributed by atoms with Gasteiger partial charge in [-0.2, -0.15) is 0 Å². The molecule has 0 amide bonds. The second-order valence-corrected chi connectivity index (χ2v) is 9.67. The van der Waals surface area contributed by atoms with Crippen molar-refractivity contribution in [3.8, 4) is 0 Å². The molecule has 148 valence electrons. The first kappa shape index (κ1) is 19.4. The monoisotopic (exact) mass is 408 g/mol. The van der Waals surface area contributed by atoms with Crippen LogP contribution in [0.1, 0.15) is 43.6 Å². The molecule has 0 bridgehead atoms. The van der Waals surface area contributed by atoms with Gasteiger partial charge in [0.15, 0.2) is 5.16 Å². The van der Waals surface area contributed by atoms with E-state index in [1.165, 1.54) is 10.4 Å². The molecule has 27 heavy (non-hydrogen) atoms. The Morgan fingerprint density at radius 2 is 2.30 bits per heavy atom. The third kappa shape index (κ3) is 4.11. The highest BCUT2D eigenvalue weighted by molar-refractivity contribution is 7.99. The smallest absolute Gasteiger partial charge is 0.263 e. The van der Waals surface area contributed by atoms with E-state index in [0.29, 0.717) is 25.7 Å². The van der Waals surface area contributed by atoms with E-state index in [0.717, 1.165) is 59.8 Å². The summed E-state index contributed by atoms with van der Waals surface area (Å²) in [5, 5.41) is 1.68. The molecule has 0 aromatic carbocycles. The molecule has 2 aliphatic rings. The number of thioether (sulfide) groups is 1. The van der Waals surface area contributed by atoms with Gasteiger partial charge in [-0.1, -0.05) is 18.7 Å². The van der Waals surface area contributed by atoms with Crippen molar-refractivity contribution in [1.82, 2.24) is 9.55 Å². The van der Waals surface area contributed by atoms with Crippen molar-refractivity contribution in [1.29, 1.82) is 0 Å². The summed E-state index contributed by atoms with van der Waals surface area (Å²) in [7, 11) is 0. The van der Waals surface area contributed by atoms with Gasteiger partial charge in [-0.25, -0.2) is 4.98 Å². The Bertz CT molecular complexity index is 855. The van der Waals surface area contributed by atoms with Crippen molar-refractivity contribution in [3.05, 3.63) is 20.8 Å². The summed E-state index contributed by atoms with van der Waals surface area (Å²) in [5.74, 6) is 1.50. The molecular formula is C20H28N2O3S2. The van der Waals surface area contributed by atoms with Crippen LogP contribution in [0.15, 0.2) is 9.95 Å². The van der Waals surface area contributed by atoms with Crippen LogP contribution in [0.5, 0.6) is 0 Å². The Balaban J connectivity index is 1.72. The lowest BCUT2D eigenvalue weighted by atomic mass is 9.89. The summed E-state index contributed by atoms with van der Waals surface area (Å²) in [6, 6.07) is 0. The van der Waals surface area contributed by atoms with Gasteiger partial charge in [0.2, 0.25) is 0 Å². The zero-order valence-electron chi connectivity index (χ0n) is 16.2. The van der Waals surface area contributed by atoms with Crippen molar-refractivity contribution >= 4 is 33.3 Å². The minimum Gasteiger partial charge on any atom is -0.381 e. The highest BCUT2D eigenvalue weighted by Gasteiger charge is 2.26. The maximum absolute atomic E-state index is 13.5. The van der Waals surface area contributed by atoms with E-state index in [1.54, 1.807) is 23.1 Å². The molecule has 0 radical (unpaired) electrons. The number of aromatic nitrogens is 2. The number of fused-ring (bicyclic) bond motifs is 3. The van der Waals surface area contributed by atoms with Crippen LogP contribution < -0.4 is 5.56 Å². The lowest BCUT2D eigenvalue weighted by Crippen LogP contribution is -2.29. The average molecular weight is 409 g/mol. The second kappa shape index (κ2) is 8.64. The first-order chi connectivity index (χ1) is 13.2. The molecule has 5 nitrogen and oxygen atoms in total. The lowest BCUT2D eigenvalue weighted by Gasteiger charge is -2.18. The fourth-order valence-corrected chi connectivity index (χ4v) is 6.29. The molecule has 3 heterocycles. The molecule has 0 unspecified atom stereocenters. The molecule has 1 saturated heterocycles. The van der Waals surface area contributed by atoms with Crippen molar-refractivity contribution in [2.75, 3.05) is 25.6 Å². The topological polar surface area (TPSA) is 53.3 Å². The third-order valence-corrected chi connectivity index (χ3v) is 7.54. The van der Waals surface area contributed by atoms with Gasteiger partial charge in [0, 0.05) is 23.8 Å². The van der Waals surface area contributed by atoms with Crippen molar-refractivity contribution in [2.24, 2.45) is 5.92 Å².